The molecule has 18 heavy (non-hydrogen) atoms. The Kier molecular flexibility index (Phi) is 4.37. The number of carbonyl (C=O) groups is 1. The van der Waals surface area contributed by atoms with E-state index in [1.165, 1.54) is 18.4 Å². The molecule has 1 aliphatic rings. The average molecular weight is 246 g/mol. The van der Waals surface area contributed by atoms with E-state index in [1.807, 2.05) is 19.9 Å². The van der Waals surface area contributed by atoms with E-state index in [4.69, 9.17) is 0 Å². The van der Waals surface area contributed by atoms with Crippen LogP contribution in [0.3, 0.4) is 0 Å². The van der Waals surface area contributed by atoms with Crippen LogP contribution in [0.1, 0.15) is 38.3 Å². The SMILES string of the molecule is CCNC(=O)C(C)NC(c1ccccc1)C1CC1. The fourth-order valence-corrected chi connectivity index (χ4v) is 2.27. The summed E-state index contributed by atoms with van der Waals surface area (Å²) in [4.78, 5) is 11.8. The molecular weight excluding hydrogens is 224 g/mol. The average Bonchev–Trinajstić information content (AvgIpc) is 3.21. The first-order valence-corrected chi connectivity index (χ1v) is 6.81. The van der Waals surface area contributed by atoms with Crippen LogP contribution in [-0.4, -0.2) is 18.5 Å². The van der Waals surface area contributed by atoms with Gasteiger partial charge in [0.15, 0.2) is 0 Å². The van der Waals surface area contributed by atoms with Crippen molar-refractivity contribution in [1.82, 2.24) is 10.6 Å². The Hall–Kier alpha value is -1.35. The van der Waals surface area contributed by atoms with Crippen molar-refractivity contribution in [2.45, 2.75) is 38.8 Å². The normalized spacial score (nSPS) is 18.1. The highest BCUT2D eigenvalue weighted by molar-refractivity contribution is 5.81. The van der Waals surface area contributed by atoms with Gasteiger partial charge in [-0.05, 0) is 38.2 Å². The summed E-state index contributed by atoms with van der Waals surface area (Å²) in [6, 6.07) is 10.6. The van der Waals surface area contributed by atoms with Crippen LogP contribution >= 0.6 is 0 Å². The van der Waals surface area contributed by atoms with Gasteiger partial charge >= 0.3 is 0 Å². The monoisotopic (exact) mass is 246 g/mol. The summed E-state index contributed by atoms with van der Waals surface area (Å²) >= 11 is 0. The summed E-state index contributed by atoms with van der Waals surface area (Å²) in [7, 11) is 0. The van der Waals surface area contributed by atoms with Gasteiger partial charge in [0.05, 0.1) is 6.04 Å². The zero-order chi connectivity index (χ0) is 13.0. The molecule has 0 bridgehead atoms. The van der Waals surface area contributed by atoms with Gasteiger partial charge in [-0.25, -0.2) is 0 Å². The Labute approximate surface area is 109 Å². The molecule has 0 aliphatic heterocycles. The minimum atomic E-state index is -0.143. The Balaban J connectivity index is 2.01. The first-order valence-electron chi connectivity index (χ1n) is 6.81. The van der Waals surface area contributed by atoms with Crippen molar-refractivity contribution >= 4 is 5.91 Å². The molecule has 2 unspecified atom stereocenters. The molecule has 1 aromatic carbocycles. The Morgan fingerprint density at radius 2 is 2.00 bits per heavy atom. The predicted molar refractivity (Wildman–Crippen MR) is 73.2 cm³/mol. The second kappa shape index (κ2) is 6.01. The number of benzene rings is 1. The predicted octanol–water partition coefficient (Wildman–Crippen LogP) is 2.25. The number of hydrogen-bond acceptors (Lipinski definition) is 2. The van der Waals surface area contributed by atoms with E-state index in [1.54, 1.807) is 0 Å². The zero-order valence-electron chi connectivity index (χ0n) is 11.1. The van der Waals surface area contributed by atoms with Crippen molar-refractivity contribution in [3.8, 4) is 0 Å². The van der Waals surface area contributed by atoms with Crippen molar-refractivity contribution in [3.05, 3.63) is 35.9 Å². The smallest absolute Gasteiger partial charge is 0.236 e. The summed E-state index contributed by atoms with van der Waals surface area (Å²) in [6.45, 7) is 4.56. The van der Waals surface area contributed by atoms with E-state index in [2.05, 4.69) is 34.9 Å². The Morgan fingerprint density at radius 3 is 2.56 bits per heavy atom. The van der Waals surface area contributed by atoms with Gasteiger partial charge in [0.2, 0.25) is 5.91 Å². The third-order valence-electron chi connectivity index (χ3n) is 3.43. The summed E-state index contributed by atoms with van der Waals surface area (Å²) in [5.41, 5.74) is 1.29. The second-order valence-electron chi connectivity index (χ2n) is 5.01. The molecule has 2 atom stereocenters. The van der Waals surface area contributed by atoms with Gasteiger partial charge in [0, 0.05) is 12.6 Å². The van der Waals surface area contributed by atoms with Crippen LogP contribution in [0.5, 0.6) is 0 Å². The van der Waals surface area contributed by atoms with Gasteiger partial charge in [-0.2, -0.15) is 0 Å². The van der Waals surface area contributed by atoms with Gasteiger partial charge in [-0.3, -0.25) is 10.1 Å². The molecule has 0 saturated heterocycles. The lowest BCUT2D eigenvalue weighted by molar-refractivity contribution is -0.122. The molecule has 2 rings (SSSR count). The van der Waals surface area contributed by atoms with Crippen LogP contribution in [0.2, 0.25) is 0 Å². The maximum Gasteiger partial charge on any atom is 0.236 e. The van der Waals surface area contributed by atoms with Crippen LogP contribution in [-0.2, 0) is 4.79 Å². The highest BCUT2D eigenvalue weighted by Crippen LogP contribution is 2.41. The lowest BCUT2D eigenvalue weighted by Gasteiger charge is -2.23. The van der Waals surface area contributed by atoms with E-state index in [-0.39, 0.29) is 11.9 Å². The van der Waals surface area contributed by atoms with Crippen LogP contribution in [0.25, 0.3) is 0 Å². The molecule has 1 fully saturated rings. The summed E-state index contributed by atoms with van der Waals surface area (Å²) in [5, 5.41) is 6.33. The molecular formula is C15H22N2O. The molecule has 0 radical (unpaired) electrons. The van der Waals surface area contributed by atoms with Gasteiger partial charge < -0.3 is 5.32 Å². The molecule has 2 N–H and O–H groups in total. The summed E-state index contributed by atoms with van der Waals surface area (Å²) in [6.07, 6.45) is 2.52. The number of hydrogen-bond donors (Lipinski definition) is 2. The Bertz CT molecular complexity index is 387. The molecule has 1 aromatic rings. The van der Waals surface area contributed by atoms with Gasteiger partial charge in [-0.15, -0.1) is 0 Å². The largest absolute Gasteiger partial charge is 0.355 e. The molecule has 0 spiro atoms. The third-order valence-corrected chi connectivity index (χ3v) is 3.43. The maximum atomic E-state index is 11.8. The van der Waals surface area contributed by atoms with Crippen LogP contribution in [0.15, 0.2) is 30.3 Å². The first-order chi connectivity index (χ1) is 8.72. The lowest BCUT2D eigenvalue weighted by Crippen LogP contribution is -2.44. The summed E-state index contributed by atoms with van der Waals surface area (Å²) < 4.78 is 0. The molecule has 1 amide bonds. The van der Waals surface area contributed by atoms with Crippen LogP contribution in [0.4, 0.5) is 0 Å². The number of likely N-dealkylation sites (N-methyl/N-ethyl adjacent to an activating group) is 1. The number of nitrogens with one attached hydrogen (secondary N) is 2. The van der Waals surface area contributed by atoms with Crippen molar-refractivity contribution in [2.75, 3.05) is 6.54 Å². The van der Waals surface area contributed by atoms with E-state index in [0.717, 1.165) is 0 Å². The minimum absolute atomic E-state index is 0.0825. The van der Waals surface area contributed by atoms with E-state index in [0.29, 0.717) is 18.5 Å². The minimum Gasteiger partial charge on any atom is -0.355 e. The van der Waals surface area contributed by atoms with E-state index in [9.17, 15) is 4.79 Å². The van der Waals surface area contributed by atoms with Crippen LogP contribution in [0, 0.1) is 5.92 Å². The van der Waals surface area contributed by atoms with Crippen molar-refractivity contribution in [1.29, 1.82) is 0 Å². The molecule has 98 valence electrons. The van der Waals surface area contributed by atoms with E-state index < -0.39 is 0 Å². The first kappa shape index (κ1) is 13.1. The van der Waals surface area contributed by atoms with Gasteiger partial charge in [0.1, 0.15) is 0 Å². The van der Waals surface area contributed by atoms with E-state index >= 15 is 0 Å². The molecule has 1 saturated carbocycles. The van der Waals surface area contributed by atoms with Crippen molar-refractivity contribution < 1.29 is 4.79 Å². The third kappa shape index (κ3) is 3.33. The molecule has 0 heterocycles. The highest BCUT2D eigenvalue weighted by atomic mass is 16.2. The highest BCUT2D eigenvalue weighted by Gasteiger charge is 2.33. The standard InChI is InChI=1S/C15H22N2O/c1-3-16-15(18)11(2)17-14(13-9-10-13)12-7-5-4-6-8-12/h4-8,11,13-14,17H,3,9-10H2,1-2H3,(H,16,18). The van der Waals surface area contributed by atoms with Gasteiger partial charge in [0.25, 0.3) is 0 Å². The second-order valence-corrected chi connectivity index (χ2v) is 5.01. The van der Waals surface area contributed by atoms with Gasteiger partial charge in [-0.1, -0.05) is 30.3 Å². The fourth-order valence-electron chi connectivity index (χ4n) is 2.27. The van der Waals surface area contributed by atoms with Crippen molar-refractivity contribution in [3.63, 3.8) is 0 Å². The maximum absolute atomic E-state index is 11.8. The summed E-state index contributed by atoms with van der Waals surface area (Å²) in [5.74, 6) is 0.767. The number of rotatable bonds is 6. The number of amides is 1. The molecule has 3 heteroatoms. The fraction of sp³-hybridized carbons (Fsp3) is 0.533. The zero-order valence-corrected chi connectivity index (χ0v) is 11.1. The van der Waals surface area contributed by atoms with Crippen molar-refractivity contribution in [2.24, 2.45) is 5.92 Å². The lowest BCUT2D eigenvalue weighted by atomic mass is 10.0. The number of carbonyl (C=O) groups excluding carboxylic acids is 1. The molecule has 0 aromatic heterocycles. The quantitative estimate of drug-likeness (QED) is 0.808. The Morgan fingerprint density at radius 1 is 1.33 bits per heavy atom. The molecule has 3 nitrogen and oxygen atoms in total. The topological polar surface area (TPSA) is 41.1 Å². The van der Waals surface area contributed by atoms with Crippen LogP contribution < -0.4 is 10.6 Å². The molecule has 1 aliphatic carbocycles.